The molecule has 0 atom stereocenters. The minimum absolute atomic E-state index is 0.0346. The van der Waals surface area contributed by atoms with Gasteiger partial charge in [-0.2, -0.15) is 13.2 Å². The Labute approximate surface area is 97.9 Å². The summed E-state index contributed by atoms with van der Waals surface area (Å²) >= 11 is 3.15. The molecule has 0 aromatic heterocycles. The lowest BCUT2D eigenvalue weighted by atomic mass is 10.2. The third kappa shape index (κ3) is 3.21. The first-order valence-corrected chi connectivity index (χ1v) is 5.00. The van der Waals surface area contributed by atoms with Crippen LogP contribution in [0.5, 0.6) is 0 Å². The summed E-state index contributed by atoms with van der Waals surface area (Å²) in [6, 6.07) is 4.42. The fraction of sp³-hybridized carbons (Fsp3) is 0.222. The Balaban J connectivity index is 2.93. The van der Waals surface area contributed by atoms with E-state index >= 15 is 0 Å². The van der Waals surface area contributed by atoms with Crippen LogP contribution in [0, 0.1) is 0 Å². The number of carbonyl (C=O) groups excluding carboxylic acids is 1. The van der Waals surface area contributed by atoms with Crippen molar-refractivity contribution in [2.75, 3.05) is 5.32 Å². The Hall–Kier alpha value is -1.08. The van der Waals surface area contributed by atoms with Gasteiger partial charge in [0.1, 0.15) is 0 Å². The van der Waals surface area contributed by atoms with Gasteiger partial charge in [-0.3, -0.25) is 4.79 Å². The molecule has 0 saturated heterocycles. The predicted octanol–water partition coefficient (Wildman–Crippen LogP) is 2.41. The van der Waals surface area contributed by atoms with E-state index in [4.69, 9.17) is 5.73 Å². The molecule has 0 fully saturated rings. The van der Waals surface area contributed by atoms with Gasteiger partial charge in [0.05, 0.1) is 0 Å². The summed E-state index contributed by atoms with van der Waals surface area (Å²) in [7, 11) is 0. The molecule has 16 heavy (non-hydrogen) atoms. The molecular formula is C9H8BrF3N2O. The molecule has 0 unspecified atom stereocenters. The quantitative estimate of drug-likeness (QED) is 0.880. The summed E-state index contributed by atoms with van der Waals surface area (Å²) in [5, 5.41) is 1.76. The molecule has 88 valence electrons. The SMILES string of the molecule is NCc1cc(Br)ccc1NC(=O)C(F)(F)F. The number of nitrogens with one attached hydrogen (secondary N) is 1. The summed E-state index contributed by atoms with van der Waals surface area (Å²) in [5.41, 5.74) is 5.84. The summed E-state index contributed by atoms with van der Waals surface area (Å²) < 4.78 is 36.7. The van der Waals surface area contributed by atoms with Crippen LogP contribution >= 0.6 is 15.9 Å². The zero-order chi connectivity index (χ0) is 12.3. The fourth-order valence-electron chi connectivity index (χ4n) is 1.05. The molecule has 0 spiro atoms. The van der Waals surface area contributed by atoms with Gasteiger partial charge < -0.3 is 11.1 Å². The molecule has 3 N–H and O–H groups in total. The van der Waals surface area contributed by atoms with Gasteiger partial charge in [0, 0.05) is 16.7 Å². The van der Waals surface area contributed by atoms with Crippen molar-refractivity contribution in [2.45, 2.75) is 12.7 Å². The zero-order valence-electron chi connectivity index (χ0n) is 7.94. The molecule has 1 aromatic rings. The number of alkyl halides is 3. The van der Waals surface area contributed by atoms with Crippen LogP contribution in [0.1, 0.15) is 5.56 Å². The average molecular weight is 297 g/mol. The van der Waals surface area contributed by atoms with E-state index in [0.29, 0.717) is 10.0 Å². The van der Waals surface area contributed by atoms with E-state index in [1.165, 1.54) is 12.1 Å². The lowest BCUT2D eigenvalue weighted by Crippen LogP contribution is -2.30. The van der Waals surface area contributed by atoms with Crippen molar-refractivity contribution in [3.8, 4) is 0 Å². The van der Waals surface area contributed by atoms with Gasteiger partial charge in [-0.1, -0.05) is 15.9 Å². The van der Waals surface area contributed by atoms with Crippen molar-refractivity contribution >= 4 is 27.5 Å². The highest BCUT2D eigenvalue weighted by molar-refractivity contribution is 9.10. The second-order valence-electron chi connectivity index (χ2n) is 2.96. The molecule has 0 aliphatic heterocycles. The van der Waals surface area contributed by atoms with Crippen LogP contribution < -0.4 is 11.1 Å². The molecule has 0 radical (unpaired) electrons. The topological polar surface area (TPSA) is 55.1 Å². The molecule has 7 heteroatoms. The number of anilines is 1. The van der Waals surface area contributed by atoms with Gasteiger partial charge in [0.25, 0.3) is 0 Å². The number of rotatable bonds is 2. The smallest absolute Gasteiger partial charge is 0.326 e. The molecule has 0 bridgehead atoms. The Morgan fingerprint density at radius 1 is 1.44 bits per heavy atom. The number of benzene rings is 1. The minimum atomic E-state index is -4.90. The van der Waals surface area contributed by atoms with Crippen LogP contribution in [-0.4, -0.2) is 12.1 Å². The molecule has 1 amide bonds. The van der Waals surface area contributed by atoms with E-state index in [1.807, 2.05) is 0 Å². The number of nitrogens with two attached hydrogens (primary N) is 1. The monoisotopic (exact) mass is 296 g/mol. The van der Waals surface area contributed by atoms with Crippen molar-refractivity contribution in [1.82, 2.24) is 0 Å². The molecule has 1 aromatic carbocycles. The summed E-state index contributed by atoms with van der Waals surface area (Å²) in [5.74, 6) is -2.01. The van der Waals surface area contributed by atoms with Gasteiger partial charge >= 0.3 is 12.1 Å². The maximum absolute atomic E-state index is 12.0. The number of amides is 1. The van der Waals surface area contributed by atoms with Crippen LogP contribution in [0.25, 0.3) is 0 Å². The molecular weight excluding hydrogens is 289 g/mol. The van der Waals surface area contributed by atoms with Gasteiger partial charge in [-0.25, -0.2) is 0 Å². The molecule has 0 saturated carbocycles. The largest absolute Gasteiger partial charge is 0.471 e. The summed E-state index contributed by atoms with van der Waals surface area (Å²) in [6.07, 6.45) is -4.90. The van der Waals surface area contributed by atoms with E-state index in [1.54, 1.807) is 11.4 Å². The van der Waals surface area contributed by atoms with Gasteiger partial charge in [-0.15, -0.1) is 0 Å². The van der Waals surface area contributed by atoms with Gasteiger partial charge in [0.2, 0.25) is 0 Å². The normalized spacial score (nSPS) is 11.3. The molecule has 0 heterocycles. The number of carbonyl (C=O) groups is 1. The zero-order valence-corrected chi connectivity index (χ0v) is 9.52. The van der Waals surface area contributed by atoms with Crippen LogP contribution in [0.15, 0.2) is 22.7 Å². The first-order chi connectivity index (χ1) is 7.34. The third-order valence-electron chi connectivity index (χ3n) is 1.79. The maximum atomic E-state index is 12.0. The third-order valence-corrected chi connectivity index (χ3v) is 2.29. The van der Waals surface area contributed by atoms with Gasteiger partial charge in [-0.05, 0) is 23.8 Å². The van der Waals surface area contributed by atoms with Crippen molar-refractivity contribution in [3.63, 3.8) is 0 Å². The standard InChI is InChI=1S/C9H8BrF3N2O/c10-6-1-2-7(5(3-6)4-14)15-8(16)9(11,12)13/h1-3H,4,14H2,(H,15,16). The number of hydrogen-bond donors (Lipinski definition) is 2. The highest BCUT2D eigenvalue weighted by Gasteiger charge is 2.38. The highest BCUT2D eigenvalue weighted by Crippen LogP contribution is 2.23. The lowest BCUT2D eigenvalue weighted by Gasteiger charge is -2.11. The lowest BCUT2D eigenvalue weighted by molar-refractivity contribution is -0.167. The second kappa shape index (κ2) is 4.84. The first kappa shape index (κ1) is 13.0. The Kier molecular flexibility index (Phi) is 3.93. The highest BCUT2D eigenvalue weighted by atomic mass is 79.9. The van der Waals surface area contributed by atoms with E-state index in [9.17, 15) is 18.0 Å². The van der Waals surface area contributed by atoms with Crippen LogP contribution in [0.4, 0.5) is 18.9 Å². The first-order valence-electron chi connectivity index (χ1n) is 4.21. The number of hydrogen-bond acceptors (Lipinski definition) is 2. The maximum Gasteiger partial charge on any atom is 0.471 e. The fourth-order valence-corrected chi connectivity index (χ4v) is 1.45. The van der Waals surface area contributed by atoms with E-state index in [-0.39, 0.29) is 12.2 Å². The molecule has 3 nitrogen and oxygen atoms in total. The van der Waals surface area contributed by atoms with Crippen molar-refractivity contribution < 1.29 is 18.0 Å². The predicted molar refractivity (Wildman–Crippen MR) is 56.7 cm³/mol. The molecule has 0 aliphatic carbocycles. The second-order valence-corrected chi connectivity index (χ2v) is 3.87. The van der Waals surface area contributed by atoms with E-state index < -0.39 is 12.1 Å². The summed E-state index contributed by atoms with van der Waals surface area (Å²) in [4.78, 5) is 10.7. The van der Waals surface area contributed by atoms with E-state index in [2.05, 4.69) is 15.9 Å². The van der Waals surface area contributed by atoms with Crippen molar-refractivity contribution in [1.29, 1.82) is 0 Å². The minimum Gasteiger partial charge on any atom is -0.326 e. The summed E-state index contributed by atoms with van der Waals surface area (Å²) in [6.45, 7) is 0.0346. The van der Waals surface area contributed by atoms with Crippen molar-refractivity contribution in [2.24, 2.45) is 5.73 Å². The average Bonchev–Trinajstić information content (AvgIpc) is 2.19. The Bertz CT molecular complexity index is 406. The molecule has 1 rings (SSSR count). The van der Waals surface area contributed by atoms with Crippen LogP contribution in [0.2, 0.25) is 0 Å². The number of halogens is 4. The Morgan fingerprint density at radius 3 is 2.56 bits per heavy atom. The van der Waals surface area contributed by atoms with E-state index in [0.717, 1.165) is 0 Å². The molecule has 0 aliphatic rings. The van der Waals surface area contributed by atoms with Crippen molar-refractivity contribution in [3.05, 3.63) is 28.2 Å². The van der Waals surface area contributed by atoms with Gasteiger partial charge in [0.15, 0.2) is 0 Å². The van der Waals surface area contributed by atoms with Crippen LogP contribution in [-0.2, 0) is 11.3 Å². The Morgan fingerprint density at radius 2 is 2.06 bits per heavy atom. The van der Waals surface area contributed by atoms with Crippen LogP contribution in [0.3, 0.4) is 0 Å².